The number of ketones is 1. The van der Waals surface area contributed by atoms with Crippen LogP contribution in [-0.2, 0) is 4.79 Å². The largest absolute Gasteiger partial charge is 0.298 e. The van der Waals surface area contributed by atoms with Crippen LogP contribution in [0.4, 0.5) is 0 Å². The summed E-state index contributed by atoms with van der Waals surface area (Å²) < 4.78 is 0. The average Bonchev–Trinajstić information content (AvgIpc) is 2.86. The first-order valence-corrected chi connectivity index (χ1v) is 6.95. The number of carbonyl (C=O) groups excluding carboxylic acids is 1. The van der Waals surface area contributed by atoms with Gasteiger partial charge in [0, 0.05) is 12.0 Å². The lowest BCUT2D eigenvalue weighted by Crippen LogP contribution is -2.38. The van der Waals surface area contributed by atoms with Crippen molar-refractivity contribution in [1.29, 1.82) is 0 Å². The molecule has 0 spiro atoms. The zero-order valence-corrected chi connectivity index (χ0v) is 10.7. The Hall–Kier alpha value is -0.370. The summed E-state index contributed by atoms with van der Waals surface area (Å²) in [6.07, 6.45) is 7.41. The molecule has 0 aromatic carbocycles. The van der Waals surface area contributed by atoms with Gasteiger partial charge in [-0.1, -0.05) is 26.7 Å². The highest BCUT2D eigenvalue weighted by atomic mass is 16.1. The quantitative estimate of drug-likeness (QED) is 0.730. The molecule has 16 heavy (non-hydrogen) atoms. The first kappa shape index (κ1) is 12.1. The minimum atomic E-state index is 0.397. The molecule has 92 valence electrons. The fourth-order valence-electron chi connectivity index (χ4n) is 3.38. The maximum atomic E-state index is 12.1. The van der Waals surface area contributed by atoms with Gasteiger partial charge in [0.1, 0.15) is 5.78 Å². The van der Waals surface area contributed by atoms with Crippen LogP contribution in [0.3, 0.4) is 0 Å². The highest BCUT2D eigenvalue weighted by Gasteiger charge is 2.31. The third-order valence-corrected chi connectivity index (χ3v) is 4.35. The Balaban J connectivity index is 1.85. The van der Waals surface area contributed by atoms with Gasteiger partial charge in [-0.25, -0.2) is 0 Å². The third-order valence-electron chi connectivity index (χ3n) is 4.35. The van der Waals surface area contributed by atoms with Crippen LogP contribution in [0.15, 0.2) is 0 Å². The molecule has 0 amide bonds. The Labute approximate surface area is 99.4 Å². The molecule has 0 aromatic rings. The molecule has 0 radical (unpaired) electrons. The molecular weight excluding hydrogens is 198 g/mol. The fraction of sp³-hybridized carbons (Fsp3) is 0.929. The van der Waals surface area contributed by atoms with E-state index in [4.69, 9.17) is 0 Å². The van der Waals surface area contributed by atoms with Gasteiger partial charge in [0.15, 0.2) is 0 Å². The summed E-state index contributed by atoms with van der Waals surface area (Å²) in [6, 6.07) is 0.658. The van der Waals surface area contributed by atoms with E-state index >= 15 is 0 Å². The number of Topliss-reactive ketones (excluding diaryl/α,β-unsaturated/α-hetero) is 1. The molecule has 1 heterocycles. The van der Waals surface area contributed by atoms with Crippen molar-refractivity contribution in [2.45, 2.75) is 58.4 Å². The molecule has 0 N–H and O–H groups in total. The number of nitrogens with zero attached hydrogens (tertiary/aromatic N) is 1. The van der Waals surface area contributed by atoms with E-state index in [1.54, 1.807) is 0 Å². The monoisotopic (exact) mass is 223 g/mol. The standard InChI is InChI=1S/C14H25NO/c1-11(2)13-8-5-9-15(13)10-14(16)12-6-3-4-7-12/h11-13H,3-10H2,1-2H3. The lowest BCUT2D eigenvalue weighted by molar-refractivity contribution is -0.124. The van der Waals surface area contributed by atoms with Crippen LogP contribution < -0.4 is 0 Å². The zero-order chi connectivity index (χ0) is 11.5. The molecule has 2 fully saturated rings. The van der Waals surface area contributed by atoms with Crippen LogP contribution in [0, 0.1) is 11.8 Å². The maximum Gasteiger partial charge on any atom is 0.149 e. The van der Waals surface area contributed by atoms with Crippen molar-refractivity contribution in [3.05, 3.63) is 0 Å². The van der Waals surface area contributed by atoms with E-state index in [2.05, 4.69) is 18.7 Å². The van der Waals surface area contributed by atoms with Gasteiger partial charge >= 0.3 is 0 Å². The summed E-state index contributed by atoms with van der Waals surface area (Å²) in [5.74, 6) is 1.61. The molecule has 2 heteroatoms. The summed E-state index contributed by atoms with van der Waals surface area (Å²) in [7, 11) is 0. The Kier molecular flexibility index (Phi) is 4.01. The Morgan fingerprint density at radius 2 is 1.88 bits per heavy atom. The van der Waals surface area contributed by atoms with Crippen LogP contribution in [-0.4, -0.2) is 29.8 Å². The van der Waals surface area contributed by atoms with Crippen molar-refractivity contribution >= 4 is 5.78 Å². The van der Waals surface area contributed by atoms with Crippen molar-refractivity contribution in [3.63, 3.8) is 0 Å². The third kappa shape index (κ3) is 2.65. The smallest absolute Gasteiger partial charge is 0.149 e. The van der Waals surface area contributed by atoms with Gasteiger partial charge in [-0.3, -0.25) is 9.69 Å². The molecule has 0 bridgehead atoms. The van der Waals surface area contributed by atoms with Gasteiger partial charge in [0.2, 0.25) is 0 Å². The van der Waals surface area contributed by atoms with E-state index in [1.165, 1.54) is 25.7 Å². The summed E-state index contributed by atoms with van der Waals surface area (Å²) in [5, 5.41) is 0. The molecule has 1 saturated carbocycles. The second-order valence-electron chi connectivity index (χ2n) is 5.87. The predicted molar refractivity (Wildman–Crippen MR) is 66.4 cm³/mol. The Morgan fingerprint density at radius 3 is 2.50 bits per heavy atom. The number of rotatable bonds is 4. The van der Waals surface area contributed by atoms with Gasteiger partial charge in [-0.15, -0.1) is 0 Å². The number of carbonyl (C=O) groups is 1. The van der Waals surface area contributed by atoms with Crippen molar-refractivity contribution in [1.82, 2.24) is 4.90 Å². The van der Waals surface area contributed by atoms with E-state index in [9.17, 15) is 4.79 Å². The van der Waals surface area contributed by atoms with Crippen molar-refractivity contribution in [2.24, 2.45) is 11.8 Å². The van der Waals surface area contributed by atoms with E-state index in [1.807, 2.05) is 0 Å². The lowest BCUT2D eigenvalue weighted by atomic mass is 9.99. The summed E-state index contributed by atoms with van der Waals surface area (Å²) >= 11 is 0. The van der Waals surface area contributed by atoms with Crippen LogP contribution in [0.25, 0.3) is 0 Å². The van der Waals surface area contributed by atoms with Crippen LogP contribution in [0.1, 0.15) is 52.4 Å². The van der Waals surface area contributed by atoms with E-state index in [0.29, 0.717) is 23.7 Å². The highest BCUT2D eigenvalue weighted by Crippen LogP contribution is 2.28. The second kappa shape index (κ2) is 5.31. The molecule has 0 aromatic heterocycles. The van der Waals surface area contributed by atoms with Crippen molar-refractivity contribution < 1.29 is 4.79 Å². The van der Waals surface area contributed by atoms with Gasteiger partial charge in [-0.05, 0) is 38.1 Å². The van der Waals surface area contributed by atoms with Crippen molar-refractivity contribution in [2.75, 3.05) is 13.1 Å². The second-order valence-corrected chi connectivity index (χ2v) is 5.87. The normalized spacial score (nSPS) is 28.1. The summed E-state index contributed by atoms with van der Waals surface area (Å²) in [4.78, 5) is 14.6. The van der Waals surface area contributed by atoms with Gasteiger partial charge in [0.25, 0.3) is 0 Å². The van der Waals surface area contributed by atoms with E-state index in [-0.39, 0.29) is 0 Å². The van der Waals surface area contributed by atoms with Crippen LogP contribution in [0.2, 0.25) is 0 Å². The number of hydrogen-bond donors (Lipinski definition) is 0. The summed E-state index contributed by atoms with van der Waals surface area (Å²) in [5.41, 5.74) is 0. The molecule has 1 atom stereocenters. The maximum absolute atomic E-state index is 12.1. The van der Waals surface area contributed by atoms with Gasteiger partial charge < -0.3 is 0 Å². The fourth-order valence-corrected chi connectivity index (χ4v) is 3.38. The molecular formula is C14H25NO. The first-order valence-electron chi connectivity index (χ1n) is 6.95. The molecule has 2 nitrogen and oxygen atoms in total. The minimum absolute atomic E-state index is 0.397. The van der Waals surface area contributed by atoms with Crippen LogP contribution >= 0.6 is 0 Å². The molecule has 1 aliphatic carbocycles. The summed E-state index contributed by atoms with van der Waals surface area (Å²) in [6.45, 7) is 6.43. The van der Waals surface area contributed by atoms with Gasteiger partial charge in [-0.2, -0.15) is 0 Å². The molecule has 2 aliphatic rings. The zero-order valence-electron chi connectivity index (χ0n) is 10.7. The molecule has 2 rings (SSSR count). The molecule has 1 saturated heterocycles. The number of hydrogen-bond acceptors (Lipinski definition) is 2. The number of likely N-dealkylation sites (tertiary alicyclic amines) is 1. The molecule has 1 aliphatic heterocycles. The Bertz CT molecular complexity index is 243. The van der Waals surface area contributed by atoms with Crippen LogP contribution in [0.5, 0.6) is 0 Å². The lowest BCUT2D eigenvalue weighted by Gasteiger charge is -2.27. The first-order chi connectivity index (χ1) is 7.68. The van der Waals surface area contributed by atoms with Gasteiger partial charge in [0.05, 0.1) is 6.54 Å². The SMILES string of the molecule is CC(C)C1CCCN1CC(=O)C1CCCC1. The molecule has 1 unspecified atom stereocenters. The predicted octanol–water partition coefficient (Wildman–Crippen LogP) is 2.87. The average molecular weight is 223 g/mol. The van der Waals surface area contributed by atoms with E-state index < -0.39 is 0 Å². The Morgan fingerprint density at radius 1 is 1.19 bits per heavy atom. The topological polar surface area (TPSA) is 20.3 Å². The highest BCUT2D eigenvalue weighted by molar-refractivity contribution is 5.83. The van der Waals surface area contributed by atoms with E-state index in [0.717, 1.165) is 25.9 Å². The van der Waals surface area contributed by atoms with Crippen molar-refractivity contribution in [3.8, 4) is 0 Å². The minimum Gasteiger partial charge on any atom is -0.298 e.